The summed E-state index contributed by atoms with van der Waals surface area (Å²) in [6, 6.07) is 0.165. The molecule has 4 atom stereocenters. The maximum Gasteiger partial charge on any atom is 0.279 e. The van der Waals surface area contributed by atoms with Crippen LogP contribution in [0.3, 0.4) is 0 Å². The van der Waals surface area contributed by atoms with E-state index in [0.717, 1.165) is 17.0 Å². The molecule has 1 fully saturated rings. The van der Waals surface area contributed by atoms with Crippen LogP contribution in [-0.4, -0.2) is 41.5 Å². The second-order valence-corrected chi connectivity index (χ2v) is 7.24. The fourth-order valence-electron chi connectivity index (χ4n) is 1.41. The molecule has 9 heteroatoms. The van der Waals surface area contributed by atoms with Crippen molar-refractivity contribution in [2.45, 2.75) is 17.7 Å². The molecule has 0 radical (unpaired) electrons. The van der Waals surface area contributed by atoms with Crippen LogP contribution in [0.25, 0.3) is 0 Å². The molecule has 0 amide bonds. The summed E-state index contributed by atoms with van der Waals surface area (Å²) in [6.45, 7) is 1.23. The van der Waals surface area contributed by atoms with Crippen LogP contribution in [-0.2, 0) is 10.2 Å². The lowest BCUT2D eigenvalue weighted by atomic mass is 10.2. The van der Waals surface area contributed by atoms with Gasteiger partial charge in [-0.25, -0.2) is 5.14 Å². The molecule has 5 nitrogen and oxygen atoms in total. The van der Waals surface area contributed by atoms with Gasteiger partial charge in [-0.2, -0.15) is 25.1 Å². The van der Waals surface area contributed by atoms with Crippen molar-refractivity contribution in [2.24, 2.45) is 5.14 Å². The maximum absolute atomic E-state index is 10.9. The first kappa shape index (κ1) is 13.1. The van der Waals surface area contributed by atoms with Crippen molar-refractivity contribution >= 4 is 41.6 Å². The van der Waals surface area contributed by atoms with Gasteiger partial charge in [0.25, 0.3) is 10.2 Å². The standard InChI is InChI=1S/C5H15N3O2P2S2/c6-14(9,10)8(12)2-4-1-5(13)3-7(4)11/h4-5,13H,1-3,11-12H2,(H2,6,9,10)/t4-,5-/m0/s1. The summed E-state index contributed by atoms with van der Waals surface area (Å²) >= 11 is 4.34. The monoisotopic (exact) mass is 275 g/mol. The molecule has 0 aromatic carbocycles. The highest BCUT2D eigenvalue weighted by atomic mass is 32.2. The molecule has 0 aromatic heterocycles. The zero-order valence-corrected chi connectivity index (χ0v) is 11.6. The molecule has 2 unspecified atom stereocenters. The van der Waals surface area contributed by atoms with E-state index in [0.29, 0.717) is 11.8 Å². The molecule has 0 aliphatic carbocycles. The van der Waals surface area contributed by atoms with Crippen LogP contribution in [0.5, 0.6) is 0 Å². The van der Waals surface area contributed by atoms with Crippen molar-refractivity contribution in [3.8, 4) is 0 Å². The Morgan fingerprint density at radius 2 is 2.21 bits per heavy atom. The predicted molar refractivity (Wildman–Crippen MR) is 67.1 cm³/mol. The summed E-state index contributed by atoms with van der Waals surface area (Å²) in [6.07, 6.45) is 0.868. The average molecular weight is 275 g/mol. The molecule has 0 spiro atoms. The minimum Gasteiger partial charge on any atom is -0.282 e. The minimum atomic E-state index is -3.60. The van der Waals surface area contributed by atoms with Crippen molar-refractivity contribution in [2.75, 3.05) is 13.1 Å². The summed E-state index contributed by atoms with van der Waals surface area (Å²) in [5, 5.41) is 5.27. The van der Waals surface area contributed by atoms with Gasteiger partial charge < -0.3 is 0 Å². The number of hydrogen-bond acceptors (Lipinski definition) is 4. The van der Waals surface area contributed by atoms with Crippen molar-refractivity contribution in [3.05, 3.63) is 0 Å². The molecule has 0 aromatic rings. The Morgan fingerprint density at radius 3 is 2.57 bits per heavy atom. The third kappa shape index (κ3) is 3.56. The molecule has 0 bridgehead atoms. The topological polar surface area (TPSA) is 66.6 Å². The van der Waals surface area contributed by atoms with Crippen LogP contribution in [0.1, 0.15) is 6.42 Å². The third-order valence-electron chi connectivity index (χ3n) is 2.15. The maximum atomic E-state index is 10.9. The summed E-state index contributed by atoms with van der Waals surface area (Å²) < 4.78 is 25.0. The van der Waals surface area contributed by atoms with Gasteiger partial charge in [0.1, 0.15) is 0 Å². The van der Waals surface area contributed by atoms with Gasteiger partial charge in [0.15, 0.2) is 0 Å². The van der Waals surface area contributed by atoms with E-state index >= 15 is 0 Å². The predicted octanol–water partition coefficient (Wildman–Crippen LogP) is -0.555. The smallest absolute Gasteiger partial charge is 0.279 e. The van der Waals surface area contributed by atoms with Crippen molar-refractivity contribution < 1.29 is 8.42 Å². The first-order valence-corrected chi connectivity index (χ1v) is 7.10. The molecule has 84 valence electrons. The summed E-state index contributed by atoms with van der Waals surface area (Å²) in [7, 11) is 1.11. The Labute approximate surface area is 94.9 Å². The van der Waals surface area contributed by atoms with Crippen LogP contribution >= 0.6 is 31.4 Å². The molecule has 1 aliphatic heterocycles. The Hall–Kier alpha value is 1.04. The highest BCUT2D eigenvalue weighted by Crippen LogP contribution is 2.26. The second-order valence-electron chi connectivity index (χ2n) is 3.35. The van der Waals surface area contributed by atoms with Crippen LogP contribution in [0, 0.1) is 0 Å². The fourth-order valence-corrected chi connectivity index (χ4v) is 3.11. The molecule has 1 aliphatic rings. The summed E-state index contributed by atoms with van der Waals surface area (Å²) in [5.41, 5.74) is 0. The van der Waals surface area contributed by atoms with E-state index in [1.807, 2.05) is 4.67 Å². The number of thiol groups is 1. The van der Waals surface area contributed by atoms with Crippen molar-refractivity contribution in [1.82, 2.24) is 8.75 Å². The summed E-state index contributed by atoms with van der Waals surface area (Å²) in [4.78, 5) is 0. The first-order chi connectivity index (χ1) is 6.30. The lowest BCUT2D eigenvalue weighted by molar-refractivity contribution is 0.393. The molecule has 1 saturated heterocycles. The van der Waals surface area contributed by atoms with E-state index in [9.17, 15) is 8.42 Å². The van der Waals surface area contributed by atoms with Crippen molar-refractivity contribution in [1.29, 1.82) is 0 Å². The van der Waals surface area contributed by atoms with Gasteiger partial charge in [-0.1, -0.05) is 9.39 Å². The van der Waals surface area contributed by atoms with Gasteiger partial charge in [0, 0.05) is 24.4 Å². The number of nitrogens with two attached hydrogens (primary N) is 1. The molecule has 14 heavy (non-hydrogen) atoms. The van der Waals surface area contributed by atoms with E-state index in [2.05, 4.69) is 31.4 Å². The van der Waals surface area contributed by atoms with E-state index < -0.39 is 10.2 Å². The third-order valence-corrected chi connectivity index (χ3v) is 5.05. The fraction of sp³-hybridized carbons (Fsp3) is 1.00. The first-order valence-electron chi connectivity index (χ1n) is 4.05. The molecule has 1 rings (SSSR count). The van der Waals surface area contributed by atoms with Crippen molar-refractivity contribution in [3.63, 3.8) is 0 Å². The highest BCUT2D eigenvalue weighted by Gasteiger charge is 2.30. The molecular formula is C5H15N3O2P2S2. The van der Waals surface area contributed by atoms with Gasteiger partial charge in [-0.3, -0.25) is 4.67 Å². The Morgan fingerprint density at radius 1 is 1.64 bits per heavy atom. The molecule has 0 saturated carbocycles. The van der Waals surface area contributed by atoms with E-state index in [1.165, 1.54) is 0 Å². The average Bonchev–Trinajstić information content (AvgIpc) is 2.28. The normalized spacial score (nSPS) is 30.1. The van der Waals surface area contributed by atoms with E-state index in [4.69, 9.17) is 5.14 Å². The molecular weight excluding hydrogens is 260 g/mol. The zero-order chi connectivity index (χ0) is 10.9. The van der Waals surface area contributed by atoms with Crippen LogP contribution in [0.15, 0.2) is 0 Å². The van der Waals surface area contributed by atoms with Crippen LogP contribution in [0.2, 0.25) is 0 Å². The van der Waals surface area contributed by atoms with Gasteiger partial charge in [0.2, 0.25) is 0 Å². The Balaban J connectivity index is 2.53. The lowest BCUT2D eigenvalue weighted by Gasteiger charge is -2.23. The van der Waals surface area contributed by atoms with E-state index in [-0.39, 0.29) is 6.04 Å². The second kappa shape index (κ2) is 4.91. The van der Waals surface area contributed by atoms with Gasteiger partial charge in [-0.15, -0.1) is 0 Å². The van der Waals surface area contributed by atoms with E-state index in [1.54, 1.807) is 0 Å². The molecule has 1 heterocycles. The lowest BCUT2D eigenvalue weighted by Crippen LogP contribution is -2.37. The minimum absolute atomic E-state index is 0.165. The number of nitrogens with zero attached hydrogens (tertiary/aromatic N) is 2. The van der Waals surface area contributed by atoms with Crippen LogP contribution < -0.4 is 5.14 Å². The number of rotatable bonds is 3. The van der Waals surface area contributed by atoms with Gasteiger partial charge >= 0.3 is 0 Å². The largest absolute Gasteiger partial charge is 0.282 e. The number of hydrogen-bond donors (Lipinski definition) is 2. The molecule has 2 N–H and O–H groups in total. The van der Waals surface area contributed by atoms with Crippen LogP contribution in [0.4, 0.5) is 0 Å². The van der Waals surface area contributed by atoms with Gasteiger partial charge in [-0.05, 0) is 15.8 Å². The van der Waals surface area contributed by atoms with Gasteiger partial charge in [0.05, 0.1) is 0 Å². The summed E-state index contributed by atoms with van der Waals surface area (Å²) in [5.74, 6) is 0. The Kier molecular flexibility index (Phi) is 4.60. The SMILES string of the molecule is NS(=O)(=O)N(P)C[C@@H]1C[C@H](S)CN1P. The Bertz CT molecular complexity index is 299. The quantitative estimate of drug-likeness (QED) is 0.536. The zero-order valence-electron chi connectivity index (χ0n) is 7.57. The highest BCUT2D eigenvalue weighted by molar-refractivity contribution is 7.89.